The van der Waals surface area contributed by atoms with Crippen molar-refractivity contribution < 1.29 is 15.3 Å². The smallest absolute Gasteiger partial charge is 0.142 e. The molecule has 174 valence electrons. The maximum atomic E-state index is 9.88. The van der Waals surface area contributed by atoms with Crippen LogP contribution in [0.25, 0.3) is 0 Å². The van der Waals surface area contributed by atoms with Gasteiger partial charge in [0.1, 0.15) is 11.5 Å². The lowest BCUT2D eigenvalue weighted by molar-refractivity contribution is 0.184. The Labute approximate surface area is 202 Å². The van der Waals surface area contributed by atoms with Crippen molar-refractivity contribution in [3.05, 3.63) is 90.0 Å². The fourth-order valence-corrected chi connectivity index (χ4v) is 4.21. The number of para-hydroxylation sites is 2. The van der Waals surface area contributed by atoms with Crippen LogP contribution < -0.4 is 9.64 Å². The van der Waals surface area contributed by atoms with Gasteiger partial charge in [0.25, 0.3) is 0 Å². The first-order chi connectivity index (χ1) is 14.2. The number of piperazine rings is 1. The molecule has 0 spiro atoms. The van der Waals surface area contributed by atoms with Gasteiger partial charge in [0.2, 0.25) is 0 Å². The van der Waals surface area contributed by atoms with Crippen molar-refractivity contribution in [1.29, 1.82) is 0 Å². The van der Waals surface area contributed by atoms with E-state index in [-0.39, 0.29) is 36.3 Å². The number of benzene rings is 3. The molecule has 1 aliphatic rings. The largest absolute Gasteiger partial charge is 0.508 e. The maximum Gasteiger partial charge on any atom is 0.142 e. The van der Waals surface area contributed by atoms with Gasteiger partial charge in [0.05, 0.1) is 12.8 Å². The van der Waals surface area contributed by atoms with E-state index in [9.17, 15) is 5.11 Å². The molecule has 1 saturated heterocycles. The van der Waals surface area contributed by atoms with Crippen LogP contribution in [-0.4, -0.2) is 48.8 Å². The van der Waals surface area contributed by atoms with Gasteiger partial charge in [-0.15, -0.1) is 24.8 Å². The summed E-state index contributed by atoms with van der Waals surface area (Å²) in [5.41, 5.74) is 3.64. The molecule has 3 N–H and O–H groups in total. The first kappa shape index (κ1) is 27.6. The van der Waals surface area contributed by atoms with Crippen LogP contribution in [0.15, 0.2) is 78.9 Å². The molecule has 1 unspecified atom stereocenters. The van der Waals surface area contributed by atoms with E-state index in [2.05, 4.69) is 58.3 Å². The fourth-order valence-electron chi connectivity index (χ4n) is 4.21. The highest BCUT2D eigenvalue weighted by Gasteiger charge is 2.26. The Kier molecular flexibility index (Phi) is 11.4. The summed E-state index contributed by atoms with van der Waals surface area (Å²) in [4.78, 5) is 4.97. The van der Waals surface area contributed by atoms with Crippen LogP contribution in [0.5, 0.6) is 11.5 Å². The number of rotatable bonds is 6. The van der Waals surface area contributed by atoms with Crippen molar-refractivity contribution in [2.45, 2.75) is 12.5 Å². The van der Waals surface area contributed by atoms with Gasteiger partial charge in [-0.2, -0.15) is 0 Å². The van der Waals surface area contributed by atoms with E-state index in [1.807, 2.05) is 24.3 Å². The van der Waals surface area contributed by atoms with E-state index < -0.39 is 0 Å². The molecule has 0 aromatic heterocycles. The Balaban J connectivity index is 0.00000171. The minimum Gasteiger partial charge on any atom is -0.508 e. The summed E-state index contributed by atoms with van der Waals surface area (Å²) < 4.78 is 5.55. The Morgan fingerprint density at radius 3 is 2.16 bits per heavy atom. The SMILES string of the molecule is COc1ccccc1N1CCN(C(Cc2cccc(O)c2)c2ccccc2)CC1.Cl.Cl.O. The molecule has 3 aromatic rings. The third-order valence-electron chi connectivity index (χ3n) is 5.70. The summed E-state index contributed by atoms with van der Waals surface area (Å²) in [7, 11) is 1.73. The summed E-state index contributed by atoms with van der Waals surface area (Å²) in [5, 5.41) is 9.88. The standard InChI is InChI=1S/C25H28N2O2.2ClH.H2O/c1-29-25-13-6-5-12-23(25)26-14-16-27(17-15-26)24(21-9-3-2-4-10-21)19-20-8-7-11-22(28)18-20;;;/h2-13,18,24,28H,14-17,19H2,1H3;2*1H;1H2. The lowest BCUT2D eigenvalue weighted by atomic mass is 9.96. The van der Waals surface area contributed by atoms with Crippen molar-refractivity contribution >= 4 is 30.5 Å². The van der Waals surface area contributed by atoms with Crippen molar-refractivity contribution in [3.63, 3.8) is 0 Å². The van der Waals surface area contributed by atoms with Gasteiger partial charge >= 0.3 is 0 Å². The normalized spacial score (nSPS) is 14.3. The van der Waals surface area contributed by atoms with E-state index in [0.717, 1.165) is 43.9 Å². The van der Waals surface area contributed by atoms with Crippen LogP contribution in [0.3, 0.4) is 0 Å². The lowest BCUT2D eigenvalue weighted by Gasteiger charge is -2.41. The van der Waals surface area contributed by atoms with Gasteiger partial charge in [0, 0.05) is 32.2 Å². The number of halogens is 2. The number of phenolic OH excluding ortho intramolecular Hbond substituents is 1. The third-order valence-corrected chi connectivity index (χ3v) is 5.70. The predicted octanol–water partition coefficient (Wildman–Crippen LogP) is 4.53. The number of hydrogen-bond donors (Lipinski definition) is 1. The summed E-state index contributed by atoms with van der Waals surface area (Å²) in [6.45, 7) is 3.89. The lowest BCUT2D eigenvalue weighted by Crippen LogP contribution is -2.48. The zero-order valence-electron chi connectivity index (χ0n) is 18.2. The average Bonchev–Trinajstić information content (AvgIpc) is 2.78. The van der Waals surface area contributed by atoms with Gasteiger partial charge in [-0.1, -0.05) is 54.6 Å². The molecule has 1 aliphatic heterocycles. The van der Waals surface area contributed by atoms with Gasteiger partial charge in [0.15, 0.2) is 0 Å². The van der Waals surface area contributed by atoms with E-state index in [1.165, 1.54) is 11.3 Å². The highest BCUT2D eigenvalue weighted by Crippen LogP contribution is 2.31. The number of phenols is 1. The molecular formula is C25H32Cl2N2O3. The van der Waals surface area contributed by atoms with Gasteiger partial charge in [-0.05, 0) is 41.8 Å². The highest BCUT2D eigenvalue weighted by molar-refractivity contribution is 5.85. The molecule has 0 saturated carbocycles. The molecule has 0 radical (unpaired) electrons. The summed E-state index contributed by atoms with van der Waals surface area (Å²) in [5.74, 6) is 1.26. The highest BCUT2D eigenvalue weighted by atomic mass is 35.5. The van der Waals surface area contributed by atoms with Crippen LogP contribution >= 0.6 is 24.8 Å². The summed E-state index contributed by atoms with van der Waals surface area (Å²) in [6.07, 6.45) is 0.882. The molecule has 3 aromatic carbocycles. The molecule has 0 amide bonds. The van der Waals surface area contributed by atoms with Crippen LogP contribution in [0.2, 0.25) is 0 Å². The predicted molar refractivity (Wildman–Crippen MR) is 136 cm³/mol. The second-order valence-electron chi connectivity index (χ2n) is 7.50. The summed E-state index contributed by atoms with van der Waals surface area (Å²) >= 11 is 0. The Bertz CT molecular complexity index is 935. The number of ether oxygens (including phenoxy) is 1. The summed E-state index contributed by atoms with van der Waals surface area (Å²) in [6, 6.07) is 26.9. The quantitative estimate of drug-likeness (QED) is 0.565. The van der Waals surface area contributed by atoms with Crippen molar-refractivity contribution in [2.24, 2.45) is 0 Å². The average molecular weight is 479 g/mol. The van der Waals surface area contributed by atoms with E-state index >= 15 is 0 Å². The molecule has 0 aliphatic carbocycles. The fraction of sp³-hybridized carbons (Fsp3) is 0.280. The molecule has 1 fully saturated rings. The maximum absolute atomic E-state index is 9.88. The van der Waals surface area contributed by atoms with E-state index in [4.69, 9.17) is 4.74 Å². The molecule has 5 nitrogen and oxygen atoms in total. The molecule has 4 rings (SSSR count). The number of aromatic hydroxyl groups is 1. The second kappa shape index (κ2) is 13.2. The van der Waals surface area contributed by atoms with Gasteiger partial charge in [-0.25, -0.2) is 0 Å². The number of nitrogens with zero attached hydrogens (tertiary/aromatic N) is 2. The minimum atomic E-state index is 0. The second-order valence-corrected chi connectivity index (χ2v) is 7.50. The topological polar surface area (TPSA) is 67.4 Å². The van der Waals surface area contributed by atoms with Crippen molar-refractivity contribution in [1.82, 2.24) is 4.90 Å². The zero-order valence-corrected chi connectivity index (χ0v) is 19.8. The minimum absolute atomic E-state index is 0. The molecular weight excluding hydrogens is 447 g/mol. The first-order valence-corrected chi connectivity index (χ1v) is 10.2. The van der Waals surface area contributed by atoms with Crippen molar-refractivity contribution in [2.75, 3.05) is 38.2 Å². The van der Waals surface area contributed by atoms with Crippen LogP contribution in [-0.2, 0) is 6.42 Å². The van der Waals surface area contributed by atoms with Gasteiger partial charge < -0.3 is 20.2 Å². The zero-order chi connectivity index (χ0) is 20.1. The molecule has 1 atom stereocenters. The van der Waals surface area contributed by atoms with E-state index in [0.29, 0.717) is 5.75 Å². The number of methoxy groups -OCH3 is 1. The number of anilines is 1. The first-order valence-electron chi connectivity index (χ1n) is 10.2. The third kappa shape index (κ3) is 6.53. The molecule has 32 heavy (non-hydrogen) atoms. The van der Waals surface area contributed by atoms with Crippen LogP contribution in [0, 0.1) is 0 Å². The molecule has 1 heterocycles. The van der Waals surface area contributed by atoms with Crippen LogP contribution in [0.1, 0.15) is 17.2 Å². The molecule has 0 bridgehead atoms. The number of hydrogen-bond acceptors (Lipinski definition) is 4. The van der Waals surface area contributed by atoms with E-state index in [1.54, 1.807) is 13.2 Å². The van der Waals surface area contributed by atoms with Crippen LogP contribution in [0.4, 0.5) is 5.69 Å². The van der Waals surface area contributed by atoms with Gasteiger partial charge in [-0.3, -0.25) is 4.90 Å². The monoisotopic (exact) mass is 478 g/mol. The van der Waals surface area contributed by atoms with Crippen molar-refractivity contribution in [3.8, 4) is 11.5 Å². The molecule has 7 heteroatoms. The Morgan fingerprint density at radius 2 is 1.50 bits per heavy atom. The Morgan fingerprint density at radius 1 is 0.844 bits per heavy atom. The Hall–Kier alpha value is -2.44.